The molecule has 0 fully saturated rings. The summed E-state index contributed by atoms with van der Waals surface area (Å²) < 4.78 is 54.5. The molecule has 0 aromatic heterocycles. The van der Waals surface area contributed by atoms with Crippen molar-refractivity contribution in [2.45, 2.75) is 50.6 Å². The number of alkyl halides is 3. The molecule has 10 heteroatoms. The lowest BCUT2D eigenvalue weighted by Gasteiger charge is -2.20. The van der Waals surface area contributed by atoms with Gasteiger partial charge in [-0.3, -0.25) is 14.4 Å². The molecule has 6 nitrogen and oxygen atoms in total. The highest BCUT2D eigenvalue weighted by atomic mass is 19.4. The van der Waals surface area contributed by atoms with E-state index in [0.29, 0.717) is 22.8 Å². The number of allylic oxidation sites excluding steroid dienone is 2. The number of hydrogen-bond donors (Lipinski definition) is 3. The molecular weight excluding hydrogens is 552 g/mol. The van der Waals surface area contributed by atoms with Crippen molar-refractivity contribution in [2.75, 3.05) is 11.9 Å². The molecule has 3 aromatic rings. The van der Waals surface area contributed by atoms with Gasteiger partial charge in [0.1, 0.15) is 0 Å². The first kappa shape index (κ1) is 30.5. The second-order valence-corrected chi connectivity index (χ2v) is 10.1. The Balaban J connectivity index is 1.58. The predicted octanol–water partition coefficient (Wildman–Crippen LogP) is 6.97. The molecule has 42 heavy (non-hydrogen) atoms. The Hall–Kier alpha value is -4.47. The summed E-state index contributed by atoms with van der Waals surface area (Å²) in [5.74, 6) is -4.62. The van der Waals surface area contributed by atoms with Gasteiger partial charge in [-0.1, -0.05) is 48.5 Å². The molecule has 0 radical (unpaired) electrons. The first-order chi connectivity index (χ1) is 20.0. The number of benzene rings is 3. The van der Waals surface area contributed by atoms with Crippen molar-refractivity contribution in [3.63, 3.8) is 0 Å². The van der Waals surface area contributed by atoms with Crippen molar-refractivity contribution >= 4 is 29.0 Å². The molecule has 4 rings (SSSR count). The lowest BCUT2D eigenvalue weighted by atomic mass is 9.88. The molecule has 1 atom stereocenters. The minimum absolute atomic E-state index is 0.0306. The molecule has 0 bridgehead atoms. The van der Waals surface area contributed by atoms with Crippen LogP contribution in [0, 0.1) is 5.82 Å². The molecule has 3 aromatic carbocycles. The first-order valence-electron chi connectivity index (χ1n) is 13.6. The van der Waals surface area contributed by atoms with Crippen molar-refractivity contribution in [1.29, 1.82) is 0 Å². The van der Waals surface area contributed by atoms with E-state index in [1.54, 1.807) is 24.3 Å². The summed E-state index contributed by atoms with van der Waals surface area (Å²) in [6.45, 7) is -0.0306. The smallest absolute Gasteiger partial charge is 0.419 e. The van der Waals surface area contributed by atoms with Crippen LogP contribution in [0.15, 0.2) is 72.8 Å². The first-order valence-corrected chi connectivity index (χ1v) is 13.6. The highest BCUT2D eigenvalue weighted by Gasteiger charge is 2.35. The van der Waals surface area contributed by atoms with Gasteiger partial charge in [-0.15, -0.1) is 0 Å². The highest BCUT2D eigenvalue weighted by molar-refractivity contribution is 5.96. The lowest BCUT2D eigenvalue weighted by molar-refractivity contribution is -0.140. The number of aliphatic carboxylic acids is 1. The third kappa shape index (κ3) is 7.84. The van der Waals surface area contributed by atoms with Crippen molar-refractivity contribution in [1.82, 2.24) is 5.32 Å². The molecule has 3 N–H and O–H groups in total. The Bertz CT molecular complexity index is 1470. The summed E-state index contributed by atoms with van der Waals surface area (Å²) in [7, 11) is 0. The van der Waals surface area contributed by atoms with Crippen molar-refractivity contribution in [2.24, 2.45) is 0 Å². The van der Waals surface area contributed by atoms with Gasteiger partial charge >= 0.3 is 12.1 Å². The predicted molar refractivity (Wildman–Crippen MR) is 150 cm³/mol. The van der Waals surface area contributed by atoms with Crippen LogP contribution >= 0.6 is 0 Å². The summed E-state index contributed by atoms with van der Waals surface area (Å²) in [6, 6.07) is 16.5. The topological polar surface area (TPSA) is 95.5 Å². The zero-order chi connectivity index (χ0) is 30.3. The maximum absolute atomic E-state index is 14.7. The molecule has 0 saturated carbocycles. The average molecular weight is 583 g/mol. The number of carboxylic acid groups (broad SMARTS) is 1. The number of amides is 2. The van der Waals surface area contributed by atoms with Gasteiger partial charge in [0.2, 0.25) is 5.91 Å². The van der Waals surface area contributed by atoms with Crippen LogP contribution in [0.4, 0.5) is 23.2 Å². The fourth-order valence-electron chi connectivity index (χ4n) is 4.87. The Morgan fingerprint density at radius 3 is 2.26 bits per heavy atom. The summed E-state index contributed by atoms with van der Waals surface area (Å²) in [5.41, 5.74) is 1.74. The van der Waals surface area contributed by atoms with Crippen LogP contribution in [0.3, 0.4) is 0 Å². The summed E-state index contributed by atoms with van der Waals surface area (Å²) in [5, 5.41) is 13.6. The Morgan fingerprint density at radius 1 is 0.929 bits per heavy atom. The van der Waals surface area contributed by atoms with Crippen molar-refractivity contribution in [3.05, 3.63) is 106 Å². The second kappa shape index (κ2) is 13.5. The average Bonchev–Trinajstić information content (AvgIpc) is 2.97. The zero-order valence-electron chi connectivity index (χ0n) is 22.6. The summed E-state index contributed by atoms with van der Waals surface area (Å²) in [6.07, 6.45) is 1.35. The van der Waals surface area contributed by atoms with Crippen LogP contribution in [0.5, 0.6) is 0 Å². The van der Waals surface area contributed by atoms with E-state index in [9.17, 15) is 31.9 Å². The van der Waals surface area contributed by atoms with Crippen LogP contribution in [-0.4, -0.2) is 29.4 Å². The van der Waals surface area contributed by atoms with Gasteiger partial charge in [0.25, 0.3) is 5.91 Å². The van der Waals surface area contributed by atoms with E-state index < -0.39 is 46.9 Å². The molecule has 1 aliphatic carbocycles. The molecular formula is C32H30F4N2O4. The number of rotatable bonds is 10. The number of nitrogens with one attached hydrogen (secondary N) is 2. The van der Waals surface area contributed by atoms with Crippen LogP contribution in [0.1, 0.15) is 70.6 Å². The van der Waals surface area contributed by atoms with E-state index in [1.165, 1.54) is 17.7 Å². The van der Waals surface area contributed by atoms with Crippen LogP contribution in [0.2, 0.25) is 0 Å². The monoisotopic (exact) mass is 582 g/mol. The van der Waals surface area contributed by atoms with Gasteiger partial charge < -0.3 is 15.7 Å². The number of hydrogen-bond acceptors (Lipinski definition) is 3. The lowest BCUT2D eigenvalue weighted by Crippen LogP contribution is -2.26. The van der Waals surface area contributed by atoms with E-state index >= 15 is 0 Å². The normalized spacial score (nSPS) is 14.0. The van der Waals surface area contributed by atoms with Crippen LogP contribution in [-0.2, 0) is 22.2 Å². The van der Waals surface area contributed by atoms with Crippen LogP contribution in [0.25, 0.3) is 5.57 Å². The maximum atomic E-state index is 14.7. The minimum atomic E-state index is -4.92. The van der Waals surface area contributed by atoms with Crippen molar-refractivity contribution < 1.29 is 37.1 Å². The van der Waals surface area contributed by atoms with Crippen molar-refractivity contribution in [3.8, 4) is 0 Å². The molecule has 0 aliphatic heterocycles. The third-order valence-electron chi connectivity index (χ3n) is 7.13. The minimum Gasteiger partial charge on any atom is -0.481 e. The number of carboxylic acids is 1. The fourth-order valence-corrected chi connectivity index (χ4v) is 4.87. The van der Waals surface area contributed by atoms with E-state index in [2.05, 4.69) is 16.7 Å². The third-order valence-corrected chi connectivity index (χ3v) is 7.13. The van der Waals surface area contributed by atoms with E-state index in [4.69, 9.17) is 5.11 Å². The summed E-state index contributed by atoms with van der Waals surface area (Å²) in [4.78, 5) is 36.5. The van der Waals surface area contributed by atoms with E-state index in [1.807, 2.05) is 12.1 Å². The number of anilines is 1. The fraction of sp³-hybridized carbons (Fsp3) is 0.281. The van der Waals surface area contributed by atoms with Gasteiger partial charge in [-0.05, 0) is 78.6 Å². The quantitative estimate of drug-likeness (QED) is 0.225. The second-order valence-electron chi connectivity index (χ2n) is 10.1. The molecule has 220 valence electrons. The van der Waals surface area contributed by atoms with E-state index in [-0.39, 0.29) is 19.4 Å². The molecule has 0 saturated heterocycles. The molecule has 1 aliphatic rings. The van der Waals surface area contributed by atoms with Gasteiger partial charge in [0.05, 0.1) is 23.6 Å². The van der Waals surface area contributed by atoms with Crippen LogP contribution < -0.4 is 10.6 Å². The largest absolute Gasteiger partial charge is 0.481 e. The summed E-state index contributed by atoms with van der Waals surface area (Å²) >= 11 is 0. The van der Waals surface area contributed by atoms with Gasteiger partial charge in [0, 0.05) is 12.1 Å². The Kier molecular flexibility index (Phi) is 9.77. The molecule has 1 unspecified atom stereocenters. The van der Waals surface area contributed by atoms with Gasteiger partial charge in [-0.25, -0.2) is 4.39 Å². The maximum Gasteiger partial charge on any atom is 0.419 e. The SMILES string of the molecule is O=C(O)CCNC(=O)c1ccc(CC(C(=O)Nc2cccc(C(F)(F)F)c2F)c2ccc(C3=CCCCC3)cc2)cc1. The number of carbonyl (C=O) groups is 3. The van der Waals surface area contributed by atoms with Gasteiger partial charge in [-0.2, -0.15) is 13.2 Å². The number of carbonyl (C=O) groups excluding carboxylic acids is 2. The zero-order valence-corrected chi connectivity index (χ0v) is 22.6. The standard InChI is InChI=1S/C32H30F4N2O4/c33-29-26(32(34,35)36)7-4-8-27(29)38-31(42)25(23-15-13-22(14-16-23)21-5-2-1-3-6-21)19-20-9-11-24(12-10-20)30(41)37-18-17-28(39)40/h4-5,7-16,25H,1-3,6,17-19H2,(H,37,41)(H,38,42)(H,39,40). The Labute approximate surface area is 240 Å². The van der Waals surface area contributed by atoms with E-state index in [0.717, 1.165) is 43.4 Å². The molecule has 0 heterocycles. The molecule has 0 spiro atoms. The van der Waals surface area contributed by atoms with Gasteiger partial charge in [0.15, 0.2) is 5.82 Å². The highest BCUT2D eigenvalue weighted by Crippen LogP contribution is 2.35. The molecule has 2 amide bonds. The number of halogens is 4. The Morgan fingerprint density at radius 2 is 1.64 bits per heavy atom.